The molecule has 3 rings (SSSR count). The van der Waals surface area contributed by atoms with Gasteiger partial charge in [-0.15, -0.1) is 0 Å². The van der Waals surface area contributed by atoms with E-state index in [1.807, 2.05) is 30.3 Å². The van der Waals surface area contributed by atoms with Crippen LogP contribution < -0.4 is 21.5 Å². The van der Waals surface area contributed by atoms with Crippen LogP contribution in [0, 0.1) is 0 Å². The Bertz CT molecular complexity index is 1260. The minimum absolute atomic E-state index is 0.0684. The smallest absolute Gasteiger partial charge is 0.323 e. The topological polar surface area (TPSA) is 160 Å². The molecule has 0 heterocycles. The third-order valence-corrected chi connectivity index (χ3v) is 6.31. The highest BCUT2D eigenvalue weighted by Gasteiger charge is 2.35. The Morgan fingerprint density at radius 2 is 1.48 bits per heavy atom. The molecule has 0 saturated heterocycles. The molecule has 0 radical (unpaired) electrons. The fraction of sp³-hybridized carbons (Fsp3) is 0.267. The first-order valence-electron chi connectivity index (χ1n) is 12.9. The van der Waals surface area contributed by atoms with E-state index in [-0.39, 0.29) is 25.5 Å². The third-order valence-electron chi connectivity index (χ3n) is 6.31. The summed E-state index contributed by atoms with van der Waals surface area (Å²) in [5.41, 5.74) is 13.0. The van der Waals surface area contributed by atoms with E-state index in [4.69, 9.17) is 16.2 Å². The molecule has 3 aromatic carbocycles. The zero-order chi connectivity index (χ0) is 28.9. The van der Waals surface area contributed by atoms with Crippen molar-refractivity contribution in [3.05, 3.63) is 102 Å². The van der Waals surface area contributed by atoms with E-state index in [9.17, 15) is 19.5 Å². The minimum Gasteiger partial charge on any atom is -0.496 e. The zero-order valence-electron chi connectivity index (χ0n) is 22.4. The first-order chi connectivity index (χ1) is 19.3. The zero-order valence-corrected chi connectivity index (χ0v) is 22.4. The lowest BCUT2D eigenvalue weighted by Gasteiger charge is -2.29. The summed E-state index contributed by atoms with van der Waals surface area (Å²) in [4.78, 5) is 44.7. The number of para-hydroxylation sites is 1. The molecule has 10 nitrogen and oxygen atoms in total. The van der Waals surface area contributed by atoms with Crippen LogP contribution in [0.15, 0.2) is 89.9 Å². The van der Waals surface area contributed by atoms with Crippen molar-refractivity contribution in [2.24, 2.45) is 16.5 Å². The molecule has 0 fully saturated rings. The van der Waals surface area contributed by atoms with Crippen molar-refractivity contribution in [2.75, 3.05) is 20.2 Å². The number of benzene rings is 3. The summed E-state index contributed by atoms with van der Waals surface area (Å²) in [6.45, 7) is -0.265. The van der Waals surface area contributed by atoms with Crippen LogP contribution in [0.5, 0.6) is 5.75 Å². The minimum atomic E-state index is -1.30. The van der Waals surface area contributed by atoms with E-state index in [2.05, 4.69) is 10.3 Å². The van der Waals surface area contributed by atoms with Crippen LogP contribution in [0.2, 0.25) is 0 Å². The van der Waals surface area contributed by atoms with Crippen LogP contribution in [-0.2, 0) is 20.9 Å². The summed E-state index contributed by atoms with van der Waals surface area (Å²) in [7, 11) is 1.55. The first kappa shape index (κ1) is 29.9. The number of ether oxygens (including phenoxy) is 1. The van der Waals surface area contributed by atoms with Crippen LogP contribution >= 0.6 is 0 Å². The van der Waals surface area contributed by atoms with Gasteiger partial charge in [-0.3, -0.25) is 24.3 Å². The standard InChI is InChI=1S/C30H35N5O5/c1-40-25-17-9-8-15-23(25)19-34-24(16-10-18-33-30(31)32)28(38)35(20-26(36)37)29(39)27(21-11-4-2-5-12-21)22-13-6-3-7-14-22/h2-9,11-15,17,24,27,34H,10,16,18-20H2,1H3,(H,36,37)(H4,31,32,33)/t24-/m0/s1. The van der Waals surface area contributed by atoms with E-state index in [0.29, 0.717) is 23.3 Å². The number of carboxylic acid groups (broad SMARTS) is 1. The monoisotopic (exact) mass is 545 g/mol. The molecule has 0 aliphatic rings. The van der Waals surface area contributed by atoms with Crippen molar-refractivity contribution < 1.29 is 24.2 Å². The van der Waals surface area contributed by atoms with E-state index < -0.39 is 36.3 Å². The number of aliphatic carboxylic acids is 1. The number of nitrogens with one attached hydrogen (secondary N) is 1. The number of nitrogens with zero attached hydrogens (tertiary/aromatic N) is 2. The van der Waals surface area contributed by atoms with Crippen molar-refractivity contribution in [3.63, 3.8) is 0 Å². The highest BCUT2D eigenvalue weighted by molar-refractivity contribution is 6.04. The number of amides is 2. The van der Waals surface area contributed by atoms with E-state index in [0.717, 1.165) is 10.5 Å². The fourth-order valence-corrected chi connectivity index (χ4v) is 4.41. The molecule has 3 aromatic rings. The van der Waals surface area contributed by atoms with Crippen LogP contribution in [0.4, 0.5) is 0 Å². The largest absolute Gasteiger partial charge is 0.496 e. The normalized spacial score (nSPS) is 11.4. The van der Waals surface area contributed by atoms with Crippen molar-refractivity contribution in [2.45, 2.75) is 31.3 Å². The average Bonchev–Trinajstić information content (AvgIpc) is 2.96. The predicted molar refractivity (Wildman–Crippen MR) is 153 cm³/mol. The molecule has 10 heteroatoms. The number of carbonyl (C=O) groups excluding carboxylic acids is 2. The molecule has 0 unspecified atom stereocenters. The van der Waals surface area contributed by atoms with Gasteiger partial charge < -0.3 is 26.6 Å². The Labute approximate surface area is 233 Å². The van der Waals surface area contributed by atoms with E-state index in [1.165, 1.54) is 0 Å². The quantitative estimate of drug-likeness (QED) is 0.137. The van der Waals surface area contributed by atoms with Crippen molar-refractivity contribution in [1.82, 2.24) is 10.2 Å². The van der Waals surface area contributed by atoms with Gasteiger partial charge in [0.05, 0.1) is 19.1 Å². The Morgan fingerprint density at radius 1 is 0.900 bits per heavy atom. The number of carbonyl (C=O) groups is 3. The average molecular weight is 546 g/mol. The molecule has 0 bridgehead atoms. The predicted octanol–water partition coefficient (Wildman–Crippen LogP) is 2.48. The molecule has 1 atom stereocenters. The molecular weight excluding hydrogens is 510 g/mol. The SMILES string of the molecule is COc1ccccc1CN[C@@H](CCCN=C(N)N)C(=O)N(CC(=O)O)C(=O)C(c1ccccc1)c1ccccc1. The molecule has 0 aliphatic heterocycles. The number of hydrogen-bond acceptors (Lipinski definition) is 6. The molecule has 6 N–H and O–H groups in total. The number of rotatable bonds is 14. The molecule has 2 amide bonds. The molecule has 0 saturated carbocycles. The number of methoxy groups -OCH3 is 1. The van der Waals surface area contributed by atoms with Gasteiger partial charge >= 0.3 is 5.97 Å². The number of imide groups is 1. The Balaban J connectivity index is 1.95. The summed E-state index contributed by atoms with van der Waals surface area (Å²) in [5.74, 6) is -2.88. The number of carboxylic acids is 1. The van der Waals surface area contributed by atoms with Gasteiger partial charge in [0.25, 0.3) is 0 Å². The van der Waals surface area contributed by atoms with Crippen molar-refractivity contribution in [3.8, 4) is 5.75 Å². The van der Waals surface area contributed by atoms with Gasteiger partial charge in [0.15, 0.2) is 5.96 Å². The third kappa shape index (κ3) is 8.40. The van der Waals surface area contributed by atoms with E-state index >= 15 is 0 Å². The van der Waals surface area contributed by atoms with Gasteiger partial charge in [0.2, 0.25) is 11.8 Å². The Morgan fingerprint density at radius 3 is 2.02 bits per heavy atom. The summed E-state index contributed by atoms with van der Waals surface area (Å²) in [6.07, 6.45) is 0.679. The second kappa shape index (κ2) is 15.0. The maximum absolute atomic E-state index is 14.1. The second-order valence-corrected chi connectivity index (χ2v) is 9.10. The first-order valence-corrected chi connectivity index (χ1v) is 12.9. The summed E-state index contributed by atoms with van der Waals surface area (Å²) in [5, 5.41) is 12.9. The Hall–Kier alpha value is -4.70. The maximum atomic E-state index is 14.1. The lowest BCUT2D eigenvalue weighted by molar-refractivity contribution is -0.154. The number of nitrogens with two attached hydrogens (primary N) is 2. The second-order valence-electron chi connectivity index (χ2n) is 9.10. The van der Waals surface area contributed by atoms with Crippen LogP contribution in [0.3, 0.4) is 0 Å². The van der Waals surface area contributed by atoms with Gasteiger partial charge in [-0.1, -0.05) is 78.9 Å². The summed E-state index contributed by atoms with van der Waals surface area (Å²) in [6, 6.07) is 24.4. The van der Waals surface area contributed by atoms with Gasteiger partial charge in [0, 0.05) is 18.7 Å². The van der Waals surface area contributed by atoms with Crippen molar-refractivity contribution >= 4 is 23.7 Å². The molecular formula is C30H35N5O5. The molecule has 40 heavy (non-hydrogen) atoms. The fourth-order valence-electron chi connectivity index (χ4n) is 4.41. The van der Waals surface area contributed by atoms with Crippen molar-refractivity contribution in [1.29, 1.82) is 0 Å². The molecule has 0 spiro atoms. The highest BCUT2D eigenvalue weighted by Crippen LogP contribution is 2.27. The van der Waals surface area contributed by atoms with Crippen LogP contribution in [0.25, 0.3) is 0 Å². The number of hydrogen-bond donors (Lipinski definition) is 4. The lowest BCUT2D eigenvalue weighted by atomic mass is 9.89. The number of aliphatic imine (C=N–C) groups is 1. The lowest BCUT2D eigenvalue weighted by Crippen LogP contribution is -2.52. The van der Waals surface area contributed by atoms with Crippen LogP contribution in [-0.4, -0.2) is 60.0 Å². The van der Waals surface area contributed by atoms with Gasteiger partial charge in [-0.25, -0.2) is 0 Å². The Kier molecular flexibility index (Phi) is 11.2. The van der Waals surface area contributed by atoms with E-state index in [1.54, 1.807) is 61.7 Å². The van der Waals surface area contributed by atoms with Gasteiger partial charge in [-0.05, 0) is 30.0 Å². The molecule has 210 valence electrons. The van der Waals surface area contributed by atoms with Gasteiger partial charge in [0.1, 0.15) is 12.3 Å². The molecule has 0 aromatic heterocycles. The molecule has 0 aliphatic carbocycles. The highest BCUT2D eigenvalue weighted by atomic mass is 16.5. The van der Waals surface area contributed by atoms with Crippen LogP contribution in [0.1, 0.15) is 35.4 Å². The maximum Gasteiger partial charge on any atom is 0.323 e. The summed E-state index contributed by atoms with van der Waals surface area (Å²) >= 11 is 0. The summed E-state index contributed by atoms with van der Waals surface area (Å²) < 4.78 is 5.42. The van der Waals surface area contributed by atoms with Gasteiger partial charge in [-0.2, -0.15) is 0 Å². The number of guanidine groups is 1.